The Morgan fingerprint density at radius 1 is 1.26 bits per heavy atom. The molecule has 1 aromatic heterocycles. The molecule has 1 aromatic carbocycles. The predicted molar refractivity (Wildman–Crippen MR) is 109 cm³/mol. The largest absolute Gasteiger partial charge is 0.315 e. The van der Waals surface area contributed by atoms with Crippen LogP contribution < -0.4 is 9.62 Å². The molecular weight excluding hydrogens is 382 g/mol. The lowest BCUT2D eigenvalue weighted by Gasteiger charge is -2.37. The van der Waals surface area contributed by atoms with Gasteiger partial charge in [0.25, 0.3) is 10.0 Å². The number of fused-ring (bicyclic) bond motifs is 1. The van der Waals surface area contributed by atoms with Gasteiger partial charge >= 0.3 is 0 Å². The van der Waals surface area contributed by atoms with Gasteiger partial charge in [0.2, 0.25) is 5.91 Å². The molecule has 146 valence electrons. The molecule has 8 heteroatoms. The van der Waals surface area contributed by atoms with Crippen LogP contribution in [0, 0.1) is 0 Å². The number of hydrogen-bond acceptors (Lipinski definition) is 5. The Labute approximate surface area is 164 Å². The number of sulfonamides is 1. The molecule has 0 radical (unpaired) electrons. The van der Waals surface area contributed by atoms with Crippen molar-refractivity contribution in [3.63, 3.8) is 0 Å². The van der Waals surface area contributed by atoms with Gasteiger partial charge in [0.15, 0.2) is 5.13 Å². The third-order valence-corrected chi connectivity index (χ3v) is 7.05. The van der Waals surface area contributed by atoms with Crippen LogP contribution >= 0.6 is 11.3 Å². The summed E-state index contributed by atoms with van der Waals surface area (Å²) in [5.74, 6) is 0.0266. The van der Waals surface area contributed by atoms with Gasteiger partial charge in [-0.3, -0.25) is 9.52 Å². The highest BCUT2D eigenvalue weighted by atomic mass is 32.2. The Hall–Kier alpha value is -1.93. The number of rotatable bonds is 3. The fraction of sp³-hybridized carbons (Fsp3) is 0.474. The van der Waals surface area contributed by atoms with E-state index in [9.17, 15) is 13.2 Å². The molecule has 1 aliphatic rings. The zero-order valence-electron chi connectivity index (χ0n) is 16.5. The number of aromatic nitrogens is 1. The first-order valence-electron chi connectivity index (χ1n) is 8.71. The summed E-state index contributed by atoms with van der Waals surface area (Å²) >= 11 is 1.27. The fourth-order valence-electron chi connectivity index (χ4n) is 3.08. The third-order valence-electron chi connectivity index (χ3n) is 4.83. The molecule has 1 aliphatic heterocycles. The van der Waals surface area contributed by atoms with Crippen LogP contribution in [0.25, 0.3) is 0 Å². The molecule has 0 aliphatic carbocycles. The number of anilines is 2. The van der Waals surface area contributed by atoms with E-state index < -0.39 is 15.4 Å². The first-order valence-corrected chi connectivity index (χ1v) is 11.1. The smallest absolute Gasteiger partial charge is 0.263 e. The van der Waals surface area contributed by atoms with Crippen molar-refractivity contribution in [3.8, 4) is 0 Å². The van der Waals surface area contributed by atoms with E-state index in [-0.39, 0.29) is 16.2 Å². The zero-order valence-corrected chi connectivity index (χ0v) is 18.1. The highest BCUT2D eigenvalue weighted by molar-refractivity contribution is 7.93. The molecule has 0 saturated carbocycles. The molecule has 0 spiro atoms. The third kappa shape index (κ3) is 3.73. The van der Waals surface area contributed by atoms with Crippen LogP contribution in [0.4, 0.5) is 10.8 Å². The Kier molecular flexibility index (Phi) is 4.63. The van der Waals surface area contributed by atoms with Gasteiger partial charge in [-0.2, -0.15) is 0 Å². The van der Waals surface area contributed by atoms with E-state index >= 15 is 0 Å². The minimum absolute atomic E-state index is 0.0266. The first-order chi connectivity index (χ1) is 12.3. The average molecular weight is 408 g/mol. The van der Waals surface area contributed by atoms with Gasteiger partial charge < -0.3 is 4.90 Å². The first kappa shape index (κ1) is 19.8. The van der Waals surface area contributed by atoms with E-state index in [1.54, 1.807) is 24.1 Å². The summed E-state index contributed by atoms with van der Waals surface area (Å²) in [6, 6.07) is 4.90. The SMILES string of the molecule is CN1C(=O)CC(C)(C)c2cc(S(=O)(=O)Nc3nc(C(C)(C)C)cs3)ccc21. The minimum atomic E-state index is -3.77. The second kappa shape index (κ2) is 6.31. The molecule has 1 N–H and O–H groups in total. The normalized spacial score (nSPS) is 17.0. The molecular formula is C19H25N3O3S2. The molecule has 2 aromatic rings. The maximum atomic E-state index is 12.9. The summed E-state index contributed by atoms with van der Waals surface area (Å²) in [5, 5.41) is 2.22. The summed E-state index contributed by atoms with van der Waals surface area (Å²) in [6.45, 7) is 10.0. The Balaban J connectivity index is 1.97. The van der Waals surface area contributed by atoms with Crippen LogP contribution in [0.1, 0.15) is 52.3 Å². The van der Waals surface area contributed by atoms with Crippen molar-refractivity contribution in [2.24, 2.45) is 0 Å². The van der Waals surface area contributed by atoms with Gasteiger partial charge in [-0.1, -0.05) is 34.6 Å². The zero-order chi connectivity index (χ0) is 20.2. The van der Waals surface area contributed by atoms with E-state index in [0.717, 1.165) is 16.9 Å². The van der Waals surface area contributed by atoms with E-state index in [4.69, 9.17) is 0 Å². The molecule has 0 fully saturated rings. The highest BCUT2D eigenvalue weighted by Gasteiger charge is 2.36. The van der Waals surface area contributed by atoms with Gasteiger partial charge in [-0.15, -0.1) is 11.3 Å². The molecule has 0 saturated heterocycles. The van der Waals surface area contributed by atoms with Crippen molar-refractivity contribution in [3.05, 3.63) is 34.8 Å². The minimum Gasteiger partial charge on any atom is -0.315 e. The second-order valence-electron chi connectivity index (χ2n) is 8.59. The van der Waals surface area contributed by atoms with Crippen LogP contribution in [0.3, 0.4) is 0 Å². The van der Waals surface area contributed by atoms with Gasteiger partial charge in [0, 0.05) is 35.4 Å². The molecule has 0 bridgehead atoms. The van der Waals surface area contributed by atoms with Crippen molar-refractivity contribution in [2.45, 2.75) is 56.8 Å². The van der Waals surface area contributed by atoms with Gasteiger partial charge in [-0.25, -0.2) is 13.4 Å². The lowest BCUT2D eigenvalue weighted by atomic mass is 9.77. The number of carbonyl (C=O) groups excluding carboxylic acids is 1. The standard InChI is InChI=1S/C19H25N3O3S2/c1-18(2,3)15-11-26-17(20-15)21-27(24,25)12-7-8-14-13(9-12)19(4,5)10-16(23)22(14)6/h7-9,11H,10H2,1-6H3,(H,20,21). The van der Waals surface area contributed by atoms with Crippen LogP contribution in [0.15, 0.2) is 28.5 Å². The predicted octanol–water partition coefficient (Wildman–Crippen LogP) is 3.89. The second-order valence-corrected chi connectivity index (χ2v) is 11.1. The number of benzene rings is 1. The number of nitrogens with zero attached hydrogens (tertiary/aromatic N) is 2. The Morgan fingerprint density at radius 2 is 1.93 bits per heavy atom. The molecule has 6 nitrogen and oxygen atoms in total. The van der Waals surface area contributed by atoms with Crippen molar-refractivity contribution in [1.29, 1.82) is 0 Å². The number of thiazole rings is 1. The maximum Gasteiger partial charge on any atom is 0.263 e. The lowest BCUT2D eigenvalue weighted by molar-refractivity contribution is -0.119. The van der Waals surface area contributed by atoms with E-state index in [2.05, 4.69) is 9.71 Å². The monoisotopic (exact) mass is 407 g/mol. The maximum absolute atomic E-state index is 12.9. The van der Waals surface area contributed by atoms with Crippen molar-refractivity contribution in [2.75, 3.05) is 16.7 Å². The topological polar surface area (TPSA) is 79.4 Å². The molecule has 0 unspecified atom stereocenters. The highest BCUT2D eigenvalue weighted by Crippen LogP contribution is 2.41. The summed E-state index contributed by atoms with van der Waals surface area (Å²) in [5.41, 5.74) is 1.87. The average Bonchev–Trinajstić information content (AvgIpc) is 3.00. The number of amides is 1. The fourth-order valence-corrected chi connectivity index (χ4v) is 5.30. The van der Waals surface area contributed by atoms with Crippen molar-refractivity contribution >= 4 is 38.1 Å². The van der Waals surface area contributed by atoms with Gasteiger partial charge in [0.05, 0.1) is 10.6 Å². The van der Waals surface area contributed by atoms with Gasteiger partial charge in [-0.05, 0) is 23.8 Å². The molecule has 2 heterocycles. The molecule has 3 rings (SSSR count). The van der Waals surface area contributed by atoms with E-state index in [1.165, 1.54) is 17.4 Å². The van der Waals surface area contributed by atoms with Crippen molar-refractivity contribution < 1.29 is 13.2 Å². The summed E-state index contributed by atoms with van der Waals surface area (Å²) in [4.78, 5) is 18.3. The summed E-state index contributed by atoms with van der Waals surface area (Å²) in [6.07, 6.45) is 0.342. The van der Waals surface area contributed by atoms with Crippen LogP contribution in [-0.2, 0) is 25.6 Å². The van der Waals surface area contributed by atoms with Crippen molar-refractivity contribution in [1.82, 2.24) is 4.98 Å². The van der Waals surface area contributed by atoms with E-state index in [1.807, 2.05) is 40.0 Å². The molecule has 27 heavy (non-hydrogen) atoms. The lowest BCUT2D eigenvalue weighted by Crippen LogP contribution is -2.39. The van der Waals surface area contributed by atoms with Gasteiger partial charge in [0.1, 0.15) is 0 Å². The number of hydrogen-bond donors (Lipinski definition) is 1. The summed E-state index contributed by atoms with van der Waals surface area (Å²) < 4.78 is 28.3. The summed E-state index contributed by atoms with van der Waals surface area (Å²) in [7, 11) is -2.05. The Bertz CT molecular complexity index is 1000. The Morgan fingerprint density at radius 3 is 2.52 bits per heavy atom. The number of nitrogens with one attached hydrogen (secondary N) is 1. The van der Waals surface area contributed by atoms with Crippen LogP contribution in [0.5, 0.6) is 0 Å². The van der Waals surface area contributed by atoms with Crippen LogP contribution in [-0.4, -0.2) is 26.4 Å². The molecule has 0 atom stereocenters. The van der Waals surface area contributed by atoms with Crippen LogP contribution in [0.2, 0.25) is 0 Å². The van der Waals surface area contributed by atoms with E-state index in [0.29, 0.717) is 11.6 Å². The number of carbonyl (C=O) groups is 1. The molecule has 1 amide bonds. The quantitative estimate of drug-likeness (QED) is 0.837.